The molecule has 0 radical (unpaired) electrons. The average Bonchev–Trinajstić information content (AvgIpc) is 2.44. The van der Waals surface area contributed by atoms with Gasteiger partial charge in [0, 0.05) is 23.2 Å². The van der Waals surface area contributed by atoms with Gasteiger partial charge in [-0.3, -0.25) is 4.79 Å². The van der Waals surface area contributed by atoms with Crippen molar-refractivity contribution in [3.05, 3.63) is 28.8 Å². The lowest BCUT2D eigenvalue weighted by atomic mass is 10.2. The molecule has 0 aliphatic heterocycles. The summed E-state index contributed by atoms with van der Waals surface area (Å²) in [5, 5.41) is 6.81. The van der Waals surface area contributed by atoms with Crippen molar-refractivity contribution in [1.29, 1.82) is 0 Å². The Morgan fingerprint density at radius 2 is 2.14 bits per heavy atom. The van der Waals surface area contributed by atoms with Crippen molar-refractivity contribution in [3.63, 3.8) is 0 Å². The molecule has 5 heteroatoms. The number of carbonyl (C=O) groups excluding carboxylic acids is 1. The number of halogens is 1. The van der Waals surface area contributed by atoms with E-state index >= 15 is 0 Å². The Morgan fingerprint density at radius 1 is 1.38 bits per heavy atom. The van der Waals surface area contributed by atoms with Crippen LogP contribution in [0.15, 0.2) is 18.2 Å². The molecule has 1 rings (SSSR count). The van der Waals surface area contributed by atoms with Crippen LogP contribution in [0.1, 0.15) is 39.2 Å². The SMILES string of the molecule is CCCC(C)NC(=O)COc1ccc(Cl)cc1CNCC. The zero-order chi connectivity index (χ0) is 15.7. The van der Waals surface area contributed by atoms with E-state index in [1.54, 1.807) is 12.1 Å². The van der Waals surface area contributed by atoms with Gasteiger partial charge in [-0.1, -0.05) is 31.9 Å². The fraction of sp³-hybridized carbons (Fsp3) is 0.562. The third-order valence-electron chi connectivity index (χ3n) is 3.08. The first-order valence-electron chi connectivity index (χ1n) is 7.48. The van der Waals surface area contributed by atoms with Crippen molar-refractivity contribution < 1.29 is 9.53 Å². The van der Waals surface area contributed by atoms with Crippen LogP contribution in [0.3, 0.4) is 0 Å². The van der Waals surface area contributed by atoms with Gasteiger partial charge in [0.1, 0.15) is 5.75 Å². The molecule has 1 aromatic rings. The number of amides is 1. The van der Waals surface area contributed by atoms with Crippen LogP contribution in [0.5, 0.6) is 5.75 Å². The minimum Gasteiger partial charge on any atom is -0.483 e. The summed E-state index contributed by atoms with van der Waals surface area (Å²) >= 11 is 6.00. The van der Waals surface area contributed by atoms with E-state index in [9.17, 15) is 4.79 Å². The van der Waals surface area contributed by atoms with Gasteiger partial charge in [-0.05, 0) is 38.1 Å². The molecule has 0 aromatic heterocycles. The topological polar surface area (TPSA) is 50.4 Å². The second kappa shape index (κ2) is 9.64. The van der Waals surface area contributed by atoms with E-state index < -0.39 is 0 Å². The van der Waals surface area contributed by atoms with Gasteiger partial charge in [0.05, 0.1) is 0 Å². The Morgan fingerprint density at radius 3 is 2.81 bits per heavy atom. The molecule has 1 atom stereocenters. The third kappa shape index (κ3) is 6.82. The number of carbonyl (C=O) groups is 1. The van der Waals surface area contributed by atoms with Crippen LogP contribution in [0.25, 0.3) is 0 Å². The molecule has 1 amide bonds. The first-order chi connectivity index (χ1) is 10.1. The molecule has 0 saturated heterocycles. The predicted octanol–water partition coefficient (Wildman–Crippen LogP) is 3.13. The summed E-state index contributed by atoms with van der Waals surface area (Å²) < 4.78 is 5.62. The third-order valence-corrected chi connectivity index (χ3v) is 3.31. The van der Waals surface area contributed by atoms with Gasteiger partial charge in [0.2, 0.25) is 0 Å². The quantitative estimate of drug-likeness (QED) is 0.736. The lowest BCUT2D eigenvalue weighted by molar-refractivity contribution is -0.123. The van der Waals surface area contributed by atoms with Gasteiger partial charge in [-0.25, -0.2) is 0 Å². The van der Waals surface area contributed by atoms with Crippen molar-refractivity contribution in [2.75, 3.05) is 13.2 Å². The summed E-state index contributed by atoms with van der Waals surface area (Å²) in [7, 11) is 0. The van der Waals surface area contributed by atoms with E-state index in [2.05, 4.69) is 17.6 Å². The maximum Gasteiger partial charge on any atom is 0.258 e. The maximum absolute atomic E-state index is 11.8. The van der Waals surface area contributed by atoms with E-state index in [1.165, 1.54) is 0 Å². The molecule has 0 saturated carbocycles. The summed E-state index contributed by atoms with van der Waals surface area (Å²) in [4.78, 5) is 11.8. The smallest absolute Gasteiger partial charge is 0.258 e. The number of ether oxygens (including phenoxy) is 1. The second-order valence-electron chi connectivity index (χ2n) is 5.08. The molecule has 21 heavy (non-hydrogen) atoms. The molecular weight excluding hydrogens is 288 g/mol. The minimum atomic E-state index is -0.0969. The highest BCUT2D eigenvalue weighted by molar-refractivity contribution is 6.30. The largest absolute Gasteiger partial charge is 0.483 e. The van der Waals surface area contributed by atoms with Crippen molar-refractivity contribution in [1.82, 2.24) is 10.6 Å². The molecule has 1 aromatic carbocycles. The number of nitrogens with one attached hydrogen (secondary N) is 2. The summed E-state index contributed by atoms with van der Waals surface area (Å²) in [5.41, 5.74) is 0.957. The predicted molar refractivity (Wildman–Crippen MR) is 86.8 cm³/mol. The van der Waals surface area contributed by atoms with Crippen molar-refractivity contribution in [3.8, 4) is 5.75 Å². The van der Waals surface area contributed by atoms with E-state index in [0.29, 0.717) is 17.3 Å². The van der Waals surface area contributed by atoms with Gasteiger partial charge in [0.25, 0.3) is 5.91 Å². The van der Waals surface area contributed by atoms with E-state index in [1.807, 2.05) is 19.9 Å². The molecular formula is C16H25ClN2O2. The highest BCUT2D eigenvalue weighted by atomic mass is 35.5. The van der Waals surface area contributed by atoms with Crippen LogP contribution < -0.4 is 15.4 Å². The van der Waals surface area contributed by atoms with Crippen molar-refractivity contribution in [2.45, 2.75) is 46.2 Å². The highest BCUT2D eigenvalue weighted by Crippen LogP contribution is 2.22. The Bertz CT molecular complexity index is 452. The van der Waals surface area contributed by atoms with Crippen LogP contribution in [0.4, 0.5) is 0 Å². The van der Waals surface area contributed by atoms with Gasteiger partial charge < -0.3 is 15.4 Å². The molecule has 0 bridgehead atoms. The number of hydrogen-bond acceptors (Lipinski definition) is 3. The Balaban J connectivity index is 2.55. The molecule has 0 aliphatic rings. The van der Waals surface area contributed by atoms with Crippen LogP contribution >= 0.6 is 11.6 Å². The van der Waals surface area contributed by atoms with Gasteiger partial charge in [0.15, 0.2) is 6.61 Å². The van der Waals surface area contributed by atoms with Crippen molar-refractivity contribution >= 4 is 17.5 Å². The first-order valence-corrected chi connectivity index (χ1v) is 7.85. The van der Waals surface area contributed by atoms with E-state index in [4.69, 9.17) is 16.3 Å². The summed E-state index contributed by atoms with van der Waals surface area (Å²) in [5.74, 6) is 0.596. The second-order valence-corrected chi connectivity index (χ2v) is 5.51. The molecule has 118 valence electrons. The van der Waals surface area contributed by atoms with Crippen LogP contribution in [0, 0.1) is 0 Å². The van der Waals surface area contributed by atoms with Crippen molar-refractivity contribution in [2.24, 2.45) is 0 Å². The summed E-state index contributed by atoms with van der Waals surface area (Å²) in [6.07, 6.45) is 2.02. The maximum atomic E-state index is 11.8. The Labute approximate surface area is 132 Å². The van der Waals surface area contributed by atoms with Gasteiger partial charge >= 0.3 is 0 Å². The summed E-state index contributed by atoms with van der Waals surface area (Å²) in [6, 6.07) is 5.61. The standard InChI is InChI=1S/C16H25ClN2O2/c1-4-6-12(3)19-16(20)11-21-15-8-7-14(17)9-13(15)10-18-5-2/h7-9,12,18H,4-6,10-11H2,1-3H3,(H,19,20). The van der Waals surface area contributed by atoms with E-state index in [-0.39, 0.29) is 18.6 Å². The molecule has 1 unspecified atom stereocenters. The normalized spacial score (nSPS) is 12.0. The number of benzene rings is 1. The molecule has 0 heterocycles. The van der Waals surface area contributed by atoms with Crippen LogP contribution in [-0.4, -0.2) is 25.1 Å². The Kier molecular flexibility index (Phi) is 8.16. The summed E-state index contributed by atoms with van der Waals surface area (Å²) in [6.45, 7) is 7.68. The molecule has 0 aliphatic carbocycles. The monoisotopic (exact) mass is 312 g/mol. The van der Waals surface area contributed by atoms with Gasteiger partial charge in [-0.2, -0.15) is 0 Å². The minimum absolute atomic E-state index is 0.0226. The molecule has 2 N–H and O–H groups in total. The first kappa shape index (κ1) is 17.8. The molecule has 0 spiro atoms. The fourth-order valence-corrected chi connectivity index (χ4v) is 2.25. The van der Waals surface area contributed by atoms with Gasteiger partial charge in [-0.15, -0.1) is 0 Å². The zero-order valence-corrected chi connectivity index (χ0v) is 13.8. The van der Waals surface area contributed by atoms with E-state index in [0.717, 1.165) is 24.9 Å². The molecule has 0 fully saturated rings. The lowest BCUT2D eigenvalue weighted by Crippen LogP contribution is -2.36. The highest BCUT2D eigenvalue weighted by Gasteiger charge is 2.09. The zero-order valence-electron chi connectivity index (χ0n) is 13.0. The van der Waals surface area contributed by atoms with Crippen LogP contribution in [-0.2, 0) is 11.3 Å². The Hall–Kier alpha value is -1.26. The number of rotatable bonds is 9. The average molecular weight is 313 g/mol. The van der Waals surface area contributed by atoms with Crippen LogP contribution in [0.2, 0.25) is 5.02 Å². The molecule has 4 nitrogen and oxygen atoms in total. The fourth-order valence-electron chi connectivity index (χ4n) is 2.05. The number of hydrogen-bond donors (Lipinski definition) is 2. The lowest BCUT2D eigenvalue weighted by Gasteiger charge is -2.15.